The van der Waals surface area contributed by atoms with Crippen LogP contribution in [0, 0.1) is 17.1 Å². The molecule has 0 saturated heterocycles. The fourth-order valence-corrected chi connectivity index (χ4v) is 1.97. The van der Waals surface area contributed by atoms with Crippen LogP contribution in [0.5, 0.6) is 17.2 Å². The molecule has 1 atom stereocenters. The van der Waals surface area contributed by atoms with Gasteiger partial charge in [0.1, 0.15) is 11.5 Å². The van der Waals surface area contributed by atoms with Gasteiger partial charge in [-0.2, -0.15) is 5.26 Å². The summed E-state index contributed by atoms with van der Waals surface area (Å²) in [7, 11) is 1.48. The number of ether oxygens (including phenoxy) is 2. The van der Waals surface area contributed by atoms with Gasteiger partial charge in [0.2, 0.25) is 0 Å². The fraction of sp³-hybridized carbons (Fsp3) is 0.188. The maximum absolute atomic E-state index is 13.9. The van der Waals surface area contributed by atoms with Crippen LogP contribution < -0.4 is 9.47 Å². The maximum atomic E-state index is 13.9. The molecule has 21 heavy (non-hydrogen) atoms. The Balaban J connectivity index is 2.43. The van der Waals surface area contributed by atoms with E-state index in [0.29, 0.717) is 17.1 Å². The minimum absolute atomic E-state index is 0.0239. The van der Waals surface area contributed by atoms with Gasteiger partial charge in [-0.05, 0) is 37.3 Å². The molecular formula is C16H14FNO3. The van der Waals surface area contributed by atoms with Gasteiger partial charge >= 0.3 is 0 Å². The number of nitriles is 1. The summed E-state index contributed by atoms with van der Waals surface area (Å²) < 4.78 is 24.6. The second-order valence-electron chi connectivity index (χ2n) is 4.41. The van der Waals surface area contributed by atoms with Crippen LogP contribution in [0.2, 0.25) is 0 Å². The number of aliphatic hydroxyl groups is 1. The zero-order chi connectivity index (χ0) is 15.4. The summed E-state index contributed by atoms with van der Waals surface area (Å²) in [6.07, 6.45) is -0.836. The molecule has 108 valence electrons. The van der Waals surface area contributed by atoms with Crippen molar-refractivity contribution in [2.45, 2.75) is 13.0 Å². The highest BCUT2D eigenvalue weighted by atomic mass is 19.1. The Kier molecular flexibility index (Phi) is 4.41. The number of benzene rings is 2. The summed E-state index contributed by atoms with van der Waals surface area (Å²) in [5, 5.41) is 18.6. The van der Waals surface area contributed by atoms with Crippen molar-refractivity contribution in [3.63, 3.8) is 0 Å². The first-order valence-corrected chi connectivity index (χ1v) is 6.29. The Morgan fingerprint density at radius 1 is 1.19 bits per heavy atom. The quantitative estimate of drug-likeness (QED) is 0.934. The smallest absolute Gasteiger partial charge is 0.167 e. The Bertz CT molecular complexity index is 692. The van der Waals surface area contributed by atoms with Gasteiger partial charge in [-0.25, -0.2) is 4.39 Å². The molecule has 0 amide bonds. The number of halogens is 1. The van der Waals surface area contributed by atoms with Crippen molar-refractivity contribution in [2.75, 3.05) is 7.11 Å². The monoisotopic (exact) mass is 287 g/mol. The molecule has 0 aliphatic rings. The Hall–Kier alpha value is -2.58. The molecule has 4 nitrogen and oxygen atoms in total. The lowest BCUT2D eigenvalue weighted by molar-refractivity contribution is 0.190. The van der Waals surface area contributed by atoms with Gasteiger partial charge in [0.05, 0.1) is 30.4 Å². The van der Waals surface area contributed by atoms with E-state index >= 15 is 0 Å². The molecule has 0 heterocycles. The van der Waals surface area contributed by atoms with E-state index in [2.05, 4.69) is 0 Å². The minimum atomic E-state index is -0.836. The van der Waals surface area contributed by atoms with E-state index in [9.17, 15) is 9.50 Å². The third-order valence-corrected chi connectivity index (χ3v) is 2.94. The van der Waals surface area contributed by atoms with Gasteiger partial charge in [0, 0.05) is 0 Å². The number of nitrogens with zero attached hydrogens (tertiary/aromatic N) is 1. The van der Waals surface area contributed by atoms with Crippen molar-refractivity contribution in [2.24, 2.45) is 0 Å². The van der Waals surface area contributed by atoms with Gasteiger partial charge < -0.3 is 14.6 Å². The second-order valence-corrected chi connectivity index (χ2v) is 4.41. The van der Waals surface area contributed by atoms with Crippen LogP contribution in [-0.4, -0.2) is 12.2 Å². The lowest BCUT2D eigenvalue weighted by Gasteiger charge is -2.16. The van der Waals surface area contributed by atoms with Gasteiger partial charge in [-0.1, -0.05) is 6.07 Å². The Morgan fingerprint density at radius 2 is 1.90 bits per heavy atom. The van der Waals surface area contributed by atoms with Crippen molar-refractivity contribution in [1.29, 1.82) is 5.26 Å². The first-order chi connectivity index (χ1) is 10.1. The fourth-order valence-electron chi connectivity index (χ4n) is 1.97. The largest absolute Gasteiger partial charge is 0.496 e. The maximum Gasteiger partial charge on any atom is 0.167 e. The predicted molar refractivity (Wildman–Crippen MR) is 74.8 cm³/mol. The molecule has 0 aromatic heterocycles. The predicted octanol–water partition coefficient (Wildman–Crippen LogP) is 3.55. The summed E-state index contributed by atoms with van der Waals surface area (Å²) in [5.41, 5.74) is 0.644. The molecule has 0 bridgehead atoms. The van der Waals surface area contributed by atoms with E-state index in [1.165, 1.54) is 19.2 Å². The van der Waals surface area contributed by atoms with Gasteiger partial charge in [0.25, 0.3) is 0 Å². The van der Waals surface area contributed by atoms with Crippen molar-refractivity contribution < 1.29 is 19.0 Å². The molecule has 2 rings (SSSR count). The molecule has 1 unspecified atom stereocenters. The zero-order valence-electron chi connectivity index (χ0n) is 11.6. The molecule has 0 aliphatic heterocycles. The molecule has 0 radical (unpaired) electrons. The molecular weight excluding hydrogens is 273 g/mol. The van der Waals surface area contributed by atoms with Crippen molar-refractivity contribution in [3.8, 4) is 23.3 Å². The molecule has 2 aromatic carbocycles. The van der Waals surface area contributed by atoms with Crippen molar-refractivity contribution in [1.82, 2.24) is 0 Å². The summed E-state index contributed by atoms with van der Waals surface area (Å²) in [6.45, 7) is 1.57. The van der Waals surface area contributed by atoms with E-state index in [-0.39, 0.29) is 11.3 Å². The summed E-state index contributed by atoms with van der Waals surface area (Å²) in [4.78, 5) is 0. The second kappa shape index (κ2) is 6.25. The first kappa shape index (κ1) is 14.8. The average molecular weight is 287 g/mol. The van der Waals surface area contributed by atoms with E-state index in [1.54, 1.807) is 25.1 Å². The van der Waals surface area contributed by atoms with E-state index in [4.69, 9.17) is 14.7 Å². The van der Waals surface area contributed by atoms with Crippen molar-refractivity contribution >= 4 is 0 Å². The zero-order valence-corrected chi connectivity index (χ0v) is 11.6. The number of methoxy groups -OCH3 is 1. The number of hydrogen-bond donors (Lipinski definition) is 1. The van der Waals surface area contributed by atoms with E-state index in [0.717, 1.165) is 6.07 Å². The number of aliphatic hydroxyl groups excluding tert-OH is 1. The third-order valence-electron chi connectivity index (χ3n) is 2.94. The standard InChI is InChI=1S/C16H14FNO3/c1-10(19)16-14(20-2)4-3-5-15(16)21-13-7-6-11(9-18)8-12(13)17/h3-8,10,19H,1-2H3. The lowest BCUT2D eigenvalue weighted by Crippen LogP contribution is -2.00. The van der Waals surface area contributed by atoms with Gasteiger partial charge in [0.15, 0.2) is 11.6 Å². The number of hydrogen-bond acceptors (Lipinski definition) is 4. The SMILES string of the molecule is COc1cccc(Oc2ccc(C#N)cc2F)c1C(C)O. The molecule has 2 aromatic rings. The number of rotatable bonds is 4. The molecule has 0 fully saturated rings. The molecule has 5 heteroatoms. The normalized spacial score (nSPS) is 11.6. The van der Waals surface area contributed by atoms with Crippen LogP contribution >= 0.6 is 0 Å². The van der Waals surface area contributed by atoms with E-state index in [1.807, 2.05) is 6.07 Å². The molecule has 0 aliphatic carbocycles. The molecule has 1 N–H and O–H groups in total. The van der Waals surface area contributed by atoms with Gasteiger partial charge in [-0.3, -0.25) is 0 Å². The highest BCUT2D eigenvalue weighted by Crippen LogP contribution is 2.37. The third kappa shape index (κ3) is 3.12. The van der Waals surface area contributed by atoms with Crippen LogP contribution in [0.15, 0.2) is 36.4 Å². The Morgan fingerprint density at radius 3 is 2.48 bits per heavy atom. The van der Waals surface area contributed by atoms with Crippen LogP contribution in [0.4, 0.5) is 4.39 Å². The van der Waals surface area contributed by atoms with E-state index < -0.39 is 11.9 Å². The summed E-state index contributed by atoms with van der Waals surface area (Å²) >= 11 is 0. The highest BCUT2D eigenvalue weighted by Gasteiger charge is 2.17. The summed E-state index contributed by atoms with van der Waals surface area (Å²) in [6, 6.07) is 10.8. The van der Waals surface area contributed by atoms with Crippen molar-refractivity contribution in [3.05, 3.63) is 53.3 Å². The lowest BCUT2D eigenvalue weighted by atomic mass is 10.1. The van der Waals surface area contributed by atoms with Crippen LogP contribution in [0.3, 0.4) is 0 Å². The summed E-state index contributed by atoms with van der Waals surface area (Å²) in [5.74, 6) is 0.0853. The Labute approximate surface area is 122 Å². The minimum Gasteiger partial charge on any atom is -0.496 e. The topological polar surface area (TPSA) is 62.5 Å². The van der Waals surface area contributed by atoms with Crippen LogP contribution in [0.1, 0.15) is 24.2 Å². The first-order valence-electron chi connectivity index (χ1n) is 6.29. The molecule has 0 spiro atoms. The molecule has 0 saturated carbocycles. The van der Waals surface area contributed by atoms with Crippen LogP contribution in [0.25, 0.3) is 0 Å². The average Bonchev–Trinajstić information content (AvgIpc) is 2.48. The van der Waals surface area contributed by atoms with Crippen LogP contribution in [-0.2, 0) is 0 Å². The highest BCUT2D eigenvalue weighted by molar-refractivity contribution is 5.48. The van der Waals surface area contributed by atoms with Gasteiger partial charge in [-0.15, -0.1) is 0 Å².